The number of aliphatic carboxylic acids is 1. The lowest BCUT2D eigenvalue weighted by molar-refractivity contribution is -0.137. The van der Waals surface area contributed by atoms with Crippen LogP contribution in [0.15, 0.2) is 6.07 Å². The molecule has 2 heterocycles. The van der Waals surface area contributed by atoms with Crippen LogP contribution in [0.1, 0.15) is 42.4 Å². The second-order valence-corrected chi connectivity index (χ2v) is 5.16. The van der Waals surface area contributed by atoms with E-state index in [0.29, 0.717) is 18.8 Å². The van der Waals surface area contributed by atoms with E-state index in [0.717, 1.165) is 25.0 Å². The molecule has 116 valence electrons. The number of ether oxygens (including phenoxy) is 1. The van der Waals surface area contributed by atoms with Crippen LogP contribution in [0, 0.1) is 0 Å². The third-order valence-electron chi connectivity index (χ3n) is 3.56. The highest BCUT2D eigenvalue weighted by molar-refractivity contribution is 5.92. The molecule has 1 aliphatic rings. The van der Waals surface area contributed by atoms with Gasteiger partial charge in [-0.3, -0.25) is 14.7 Å². The average molecular weight is 295 g/mol. The lowest BCUT2D eigenvalue weighted by Crippen LogP contribution is -2.39. The van der Waals surface area contributed by atoms with Gasteiger partial charge in [-0.2, -0.15) is 5.10 Å². The summed E-state index contributed by atoms with van der Waals surface area (Å²) in [5.41, 5.74) is 1.21. The van der Waals surface area contributed by atoms with Gasteiger partial charge < -0.3 is 14.7 Å². The van der Waals surface area contributed by atoms with Crippen molar-refractivity contribution in [3.8, 4) is 0 Å². The zero-order chi connectivity index (χ0) is 15.2. The molecule has 0 radical (unpaired) electrons. The second-order valence-electron chi connectivity index (χ2n) is 5.16. The minimum Gasteiger partial charge on any atom is -0.481 e. The Kier molecular flexibility index (Phi) is 5.32. The first kappa shape index (κ1) is 15.5. The number of rotatable bonds is 7. The van der Waals surface area contributed by atoms with Crippen LogP contribution < -0.4 is 0 Å². The molecule has 1 atom stereocenters. The standard InChI is InChI=1S/C14H21N3O4/c1-2-10-8-12(16-15-10)14(20)17(6-5-13(18)19)9-11-4-3-7-21-11/h8,11H,2-7,9H2,1H3,(H,15,16)(H,18,19). The third-order valence-corrected chi connectivity index (χ3v) is 3.56. The van der Waals surface area contributed by atoms with Gasteiger partial charge in [-0.1, -0.05) is 6.92 Å². The van der Waals surface area contributed by atoms with Gasteiger partial charge in [0.2, 0.25) is 0 Å². The summed E-state index contributed by atoms with van der Waals surface area (Å²) in [5, 5.41) is 15.6. The topological polar surface area (TPSA) is 95.5 Å². The molecule has 0 saturated carbocycles. The first-order valence-electron chi connectivity index (χ1n) is 7.27. The molecule has 2 rings (SSSR count). The summed E-state index contributed by atoms with van der Waals surface area (Å²) in [7, 11) is 0. The first-order chi connectivity index (χ1) is 10.1. The van der Waals surface area contributed by atoms with Crippen LogP contribution in [0.2, 0.25) is 0 Å². The molecule has 7 heteroatoms. The maximum Gasteiger partial charge on any atom is 0.305 e. The summed E-state index contributed by atoms with van der Waals surface area (Å²) in [6, 6.07) is 1.71. The van der Waals surface area contributed by atoms with Crippen molar-refractivity contribution in [2.24, 2.45) is 0 Å². The summed E-state index contributed by atoms with van der Waals surface area (Å²) < 4.78 is 5.53. The number of amides is 1. The van der Waals surface area contributed by atoms with Gasteiger partial charge >= 0.3 is 5.97 Å². The number of hydrogen-bond donors (Lipinski definition) is 2. The molecular weight excluding hydrogens is 274 g/mol. The molecule has 1 aromatic rings. The number of hydrogen-bond acceptors (Lipinski definition) is 4. The highest BCUT2D eigenvalue weighted by Gasteiger charge is 2.25. The Hall–Kier alpha value is -1.89. The molecule has 0 aromatic carbocycles. The number of carbonyl (C=O) groups excluding carboxylic acids is 1. The van der Waals surface area contributed by atoms with Crippen molar-refractivity contribution in [1.82, 2.24) is 15.1 Å². The third kappa shape index (κ3) is 4.29. The van der Waals surface area contributed by atoms with Crippen LogP contribution in [0.5, 0.6) is 0 Å². The van der Waals surface area contributed by atoms with E-state index in [1.54, 1.807) is 6.07 Å². The van der Waals surface area contributed by atoms with Gasteiger partial charge in [0.25, 0.3) is 5.91 Å². The summed E-state index contributed by atoms with van der Waals surface area (Å²) in [6.07, 6.45) is 2.56. The number of nitrogens with one attached hydrogen (secondary N) is 1. The second kappa shape index (κ2) is 7.21. The molecule has 1 fully saturated rings. The smallest absolute Gasteiger partial charge is 0.305 e. The quantitative estimate of drug-likeness (QED) is 0.784. The van der Waals surface area contributed by atoms with Crippen molar-refractivity contribution in [1.29, 1.82) is 0 Å². The predicted molar refractivity (Wildman–Crippen MR) is 75.1 cm³/mol. The van der Waals surface area contributed by atoms with Gasteiger partial charge in [0.1, 0.15) is 5.69 Å². The van der Waals surface area contributed by atoms with Gasteiger partial charge in [0.15, 0.2) is 0 Å². The lowest BCUT2D eigenvalue weighted by Gasteiger charge is -2.24. The summed E-state index contributed by atoms with van der Waals surface area (Å²) in [6.45, 7) is 3.26. The monoisotopic (exact) mass is 295 g/mol. The number of carbonyl (C=O) groups is 2. The maximum absolute atomic E-state index is 12.5. The molecule has 1 unspecified atom stereocenters. The number of aromatic nitrogens is 2. The van der Waals surface area contributed by atoms with E-state index in [2.05, 4.69) is 10.2 Å². The minimum atomic E-state index is -0.920. The molecular formula is C14H21N3O4. The number of aromatic amines is 1. The molecule has 1 amide bonds. The molecule has 21 heavy (non-hydrogen) atoms. The van der Waals surface area contributed by atoms with Crippen molar-refractivity contribution < 1.29 is 19.4 Å². The highest BCUT2D eigenvalue weighted by atomic mass is 16.5. The Morgan fingerprint density at radius 3 is 2.95 bits per heavy atom. The van der Waals surface area contributed by atoms with Gasteiger partial charge in [0, 0.05) is 25.4 Å². The van der Waals surface area contributed by atoms with E-state index in [-0.39, 0.29) is 25.0 Å². The minimum absolute atomic E-state index is 0.00710. The van der Waals surface area contributed by atoms with Gasteiger partial charge in [0.05, 0.1) is 12.5 Å². The van der Waals surface area contributed by atoms with Crippen molar-refractivity contribution in [3.63, 3.8) is 0 Å². The summed E-state index contributed by atoms with van der Waals surface area (Å²) in [5.74, 6) is -1.17. The van der Waals surface area contributed by atoms with Crippen LogP contribution in [-0.2, 0) is 16.0 Å². The van der Waals surface area contributed by atoms with Gasteiger partial charge in [-0.05, 0) is 25.3 Å². The van der Waals surface area contributed by atoms with E-state index >= 15 is 0 Å². The Labute approximate surface area is 123 Å². The van der Waals surface area contributed by atoms with Crippen molar-refractivity contribution >= 4 is 11.9 Å². The normalized spacial score (nSPS) is 17.9. The molecule has 7 nitrogen and oxygen atoms in total. The lowest BCUT2D eigenvalue weighted by atomic mass is 10.2. The molecule has 1 aliphatic heterocycles. The Morgan fingerprint density at radius 1 is 1.57 bits per heavy atom. The first-order valence-corrected chi connectivity index (χ1v) is 7.27. The van der Waals surface area contributed by atoms with Gasteiger partial charge in [-0.15, -0.1) is 0 Å². The highest BCUT2D eigenvalue weighted by Crippen LogP contribution is 2.15. The molecule has 0 spiro atoms. The molecule has 1 saturated heterocycles. The summed E-state index contributed by atoms with van der Waals surface area (Å²) >= 11 is 0. The maximum atomic E-state index is 12.5. The van der Waals surface area contributed by atoms with Crippen LogP contribution in [-0.4, -0.2) is 57.9 Å². The SMILES string of the molecule is CCc1cc(C(=O)N(CCC(=O)O)CC2CCCO2)n[nH]1. The molecule has 1 aromatic heterocycles. The Morgan fingerprint density at radius 2 is 2.38 bits per heavy atom. The number of H-pyrrole nitrogens is 1. The fraction of sp³-hybridized carbons (Fsp3) is 0.643. The van der Waals surface area contributed by atoms with E-state index in [1.165, 1.54) is 4.90 Å². The van der Waals surface area contributed by atoms with Crippen molar-refractivity contribution in [3.05, 3.63) is 17.5 Å². The predicted octanol–water partition coefficient (Wildman–Crippen LogP) is 1.07. The van der Waals surface area contributed by atoms with Crippen molar-refractivity contribution in [2.45, 2.75) is 38.7 Å². The average Bonchev–Trinajstić information content (AvgIpc) is 3.13. The molecule has 0 bridgehead atoms. The van der Waals surface area contributed by atoms with E-state index in [1.807, 2.05) is 6.92 Å². The van der Waals surface area contributed by atoms with Crippen LogP contribution in [0.3, 0.4) is 0 Å². The van der Waals surface area contributed by atoms with Crippen LogP contribution in [0.4, 0.5) is 0 Å². The Bertz CT molecular complexity index is 494. The van der Waals surface area contributed by atoms with Crippen molar-refractivity contribution in [2.75, 3.05) is 19.7 Å². The van der Waals surface area contributed by atoms with Gasteiger partial charge in [-0.25, -0.2) is 0 Å². The Balaban J connectivity index is 2.04. The molecule has 0 aliphatic carbocycles. The largest absolute Gasteiger partial charge is 0.481 e. The van der Waals surface area contributed by atoms with E-state index in [9.17, 15) is 9.59 Å². The number of carboxylic acid groups (broad SMARTS) is 1. The van der Waals surface area contributed by atoms with E-state index < -0.39 is 5.97 Å². The number of nitrogens with zero attached hydrogens (tertiary/aromatic N) is 2. The number of aryl methyl sites for hydroxylation is 1. The zero-order valence-electron chi connectivity index (χ0n) is 12.2. The number of carboxylic acids is 1. The fourth-order valence-electron chi connectivity index (χ4n) is 2.35. The van der Waals surface area contributed by atoms with Crippen LogP contribution in [0.25, 0.3) is 0 Å². The molecule has 2 N–H and O–H groups in total. The van der Waals surface area contributed by atoms with E-state index in [4.69, 9.17) is 9.84 Å². The van der Waals surface area contributed by atoms with Crippen LogP contribution >= 0.6 is 0 Å². The zero-order valence-corrected chi connectivity index (χ0v) is 12.2. The summed E-state index contributed by atoms with van der Waals surface area (Å²) in [4.78, 5) is 24.8. The fourth-order valence-corrected chi connectivity index (χ4v) is 2.35.